The highest BCUT2D eigenvalue weighted by molar-refractivity contribution is 5.78. The van der Waals surface area contributed by atoms with E-state index in [2.05, 4.69) is 0 Å². The van der Waals surface area contributed by atoms with Crippen LogP contribution in [0.25, 0.3) is 0 Å². The zero-order valence-electron chi connectivity index (χ0n) is 9.78. The lowest BCUT2D eigenvalue weighted by atomic mass is 9.83. The van der Waals surface area contributed by atoms with Gasteiger partial charge in [-0.3, -0.25) is 4.79 Å². The van der Waals surface area contributed by atoms with E-state index in [0.717, 1.165) is 16.9 Å². The Morgan fingerprint density at radius 3 is 2.81 bits per heavy atom. The summed E-state index contributed by atoms with van der Waals surface area (Å²) in [6, 6.07) is 5.67. The number of benzene rings is 1. The third-order valence-corrected chi connectivity index (χ3v) is 2.99. The Morgan fingerprint density at radius 2 is 2.19 bits per heavy atom. The molecule has 3 heteroatoms. The number of hydrogen-bond donors (Lipinski definition) is 1. The largest absolute Gasteiger partial charge is 0.487 e. The summed E-state index contributed by atoms with van der Waals surface area (Å²) >= 11 is 0. The van der Waals surface area contributed by atoms with Crippen LogP contribution in [0.2, 0.25) is 0 Å². The molecule has 1 aromatic rings. The van der Waals surface area contributed by atoms with Gasteiger partial charge < -0.3 is 9.84 Å². The maximum Gasteiger partial charge on any atom is 0.311 e. The molecule has 1 aromatic carbocycles. The Morgan fingerprint density at radius 1 is 1.50 bits per heavy atom. The number of carboxylic acid groups (broad SMARTS) is 1. The lowest BCUT2D eigenvalue weighted by Crippen LogP contribution is -2.37. The van der Waals surface area contributed by atoms with Gasteiger partial charge in [-0.15, -0.1) is 0 Å². The van der Waals surface area contributed by atoms with E-state index >= 15 is 0 Å². The van der Waals surface area contributed by atoms with Crippen LogP contribution in [0.5, 0.6) is 5.75 Å². The average molecular weight is 220 g/mol. The van der Waals surface area contributed by atoms with Crippen molar-refractivity contribution in [3.8, 4) is 5.75 Å². The molecule has 0 saturated heterocycles. The summed E-state index contributed by atoms with van der Waals surface area (Å²) < 4.78 is 5.87. The van der Waals surface area contributed by atoms with Crippen molar-refractivity contribution < 1.29 is 14.6 Å². The monoisotopic (exact) mass is 220 g/mol. The molecule has 16 heavy (non-hydrogen) atoms. The van der Waals surface area contributed by atoms with Gasteiger partial charge >= 0.3 is 5.97 Å². The van der Waals surface area contributed by atoms with Gasteiger partial charge in [-0.05, 0) is 26.3 Å². The molecule has 2 rings (SSSR count). The SMILES string of the molecule is Cc1cccc2c1OC(C)(C)CC2C(=O)O. The highest BCUT2D eigenvalue weighted by atomic mass is 16.5. The van der Waals surface area contributed by atoms with Crippen LogP contribution in [0.1, 0.15) is 37.3 Å². The van der Waals surface area contributed by atoms with Crippen molar-refractivity contribution in [2.45, 2.75) is 38.7 Å². The fourth-order valence-electron chi connectivity index (χ4n) is 2.23. The molecule has 1 heterocycles. The number of aliphatic carboxylic acids is 1. The molecule has 0 amide bonds. The number of rotatable bonds is 1. The van der Waals surface area contributed by atoms with Gasteiger partial charge in [0, 0.05) is 12.0 Å². The first-order chi connectivity index (χ1) is 7.41. The van der Waals surface area contributed by atoms with E-state index in [1.54, 1.807) is 0 Å². The Hall–Kier alpha value is -1.51. The van der Waals surface area contributed by atoms with Crippen LogP contribution in [0.4, 0.5) is 0 Å². The summed E-state index contributed by atoms with van der Waals surface area (Å²) in [5.41, 5.74) is 1.38. The molecule has 1 aliphatic rings. The summed E-state index contributed by atoms with van der Waals surface area (Å²) in [5.74, 6) is -0.493. The van der Waals surface area contributed by atoms with Crippen molar-refractivity contribution in [3.05, 3.63) is 29.3 Å². The van der Waals surface area contributed by atoms with E-state index in [4.69, 9.17) is 4.74 Å². The van der Waals surface area contributed by atoms with Crippen LogP contribution < -0.4 is 4.74 Å². The second-order valence-electron chi connectivity index (χ2n) is 4.95. The normalized spacial score (nSPS) is 22.1. The van der Waals surface area contributed by atoms with Crippen LogP contribution in [0.3, 0.4) is 0 Å². The molecule has 1 atom stereocenters. The van der Waals surface area contributed by atoms with Gasteiger partial charge in [-0.25, -0.2) is 0 Å². The van der Waals surface area contributed by atoms with Crippen molar-refractivity contribution in [1.82, 2.24) is 0 Å². The van der Waals surface area contributed by atoms with E-state index in [-0.39, 0.29) is 0 Å². The smallest absolute Gasteiger partial charge is 0.311 e. The molecule has 86 valence electrons. The Kier molecular flexibility index (Phi) is 2.41. The molecule has 0 bridgehead atoms. The first-order valence-corrected chi connectivity index (χ1v) is 5.42. The predicted molar refractivity (Wildman–Crippen MR) is 60.9 cm³/mol. The number of carbonyl (C=O) groups is 1. The van der Waals surface area contributed by atoms with E-state index in [1.165, 1.54) is 0 Å². The van der Waals surface area contributed by atoms with Crippen molar-refractivity contribution in [1.29, 1.82) is 0 Å². The summed E-state index contributed by atoms with van der Waals surface area (Å²) in [4.78, 5) is 11.3. The fourth-order valence-corrected chi connectivity index (χ4v) is 2.23. The maximum absolute atomic E-state index is 11.3. The van der Waals surface area contributed by atoms with Crippen LogP contribution in [0.15, 0.2) is 18.2 Å². The van der Waals surface area contributed by atoms with Gasteiger partial charge in [-0.2, -0.15) is 0 Å². The van der Waals surface area contributed by atoms with Crippen LogP contribution >= 0.6 is 0 Å². The second kappa shape index (κ2) is 3.51. The third-order valence-electron chi connectivity index (χ3n) is 2.99. The molecule has 0 aromatic heterocycles. The standard InChI is InChI=1S/C13H16O3/c1-8-5-4-6-9-10(12(14)15)7-13(2,3)16-11(8)9/h4-6,10H,7H2,1-3H3,(H,14,15). The molecule has 1 aliphatic heterocycles. The van der Waals surface area contributed by atoms with Crippen molar-refractivity contribution in [2.24, 2.45) is 0 Å². The minimum atomic E-state index is -0.775. The number of para-hydroxylation sites is 1. The van der Waals surface area contributed by atoms with E-state index in [0.29, 0.717) is 6.42 Å². The number of carboxylic acids is 1. The summed E-state index contributed by atoms with van der Waals surface area (Å²) in [7, 11) is 0. The Bertz CT molecular complexity index is 435. The van der Waals surface area contributed by atoms with Gasteiger partial charge in [0.05, 0.1) is 5.92 Å². The second-order valence-corrected chi connectivity index (χ2v) is 4.95. The van der Waals surface area contributed by atoms with Gasteiger partial charge in [-0.1, -0.05) is 18.2 Å². The summed E-state index contributed by atoms with van der Waals surface area (Å²) in [6.07, 6.45) is 0.513. The number of aryl methyl sites for hydroxylation is 1. The van der Waals surface area contributed by atoms with Crippen molar-refractivity contribution >= 4 is 5.97 Å². The molecule has 3 nitrogen and oxygen atoms in total. The average Bonchev–Trinajstić information content (AvgIpc) is 2.17. The van der Waals surface area contributed by atoms with Gasteiger partial charge in [0.2, 0.25) is 0 Å². The minimum absolute atomic E-state index is 0.415. The molecule has 0 aliphatic carbocycles. The topological polar surface area (TPSA) is 46.5 Å². The van der Waals surface area contributed by atoms with E-state index < -0.39 is 17.5 Å². The van der Waals surface area contributed by atoms with Gasteiger partial charge in [0.15, 0.2) is 0 Å². The molecule has 0 fully saturated rings. The maximum atomic E-state index is 11.3. The number of hydrogen-bond acceptors (Lipinski definition) is 2. The molecular formula is C13H16O3. The highest BCUT2D eigenvalue weighted by Gasteiger charge is 2.37. The molecule has 0 radical (unpaired) electrons. The molecule has 0 spiro atoms. The van der Waals surface area contributed by atoms with Crippen LogP contribution in [-0.4, -0.2) is 16.7 Å². The first-order valence-electron chi connectivity index (χ1n) is 5.42. The van der Waals surface area contributed by atoms with Gasteiger partial charge in [0.25, 0.3) is 0 Å². The predicted octanol–water partition coefficient (Wildman–Crippen LogP) is 2.72. The zero-order chi connectivity index (χ0) is 11.9. The number of ether oxygens (including phenoxy) is 1. The van der Waals surface area contributed by atoms with E-state index in [9.17, 15) is 9.90 Å². The van der Waals surface area contributed by atoms with Crippen LogP contribution in [-0.2, 0) is 4.79 Å². The molecule has 1 N–H and O–H groups in total. The fraction of sp³-hybridized carbons (Fsp3) is 0.462. The molecular weight excluding hydrogens is 204 g/mol. The highest BCUT2D eigenvalue weighted by Crippen LogP contribution is 2.42. The van der Waals surface area contributed by atoms with Crippen molar-refractivity contribution in [3.63, 3.8) is 0 Å². The van der Waals surface area contributed by atoms with Crippen LogP contribution in [0, 0.1) is 6.92 Å². The quantitative estimate of drug-likeness (QED) is 0.791. The summed E-state index contributed by atoms with van der Waals surface area (Å²) in [5, 5.41) is 9.25. The van der Waals surface area contributed by atoms with E-state index in [1.807, 2.05) is 39.0 Å². The first kappa shape index (κ1) is 11.0. The third kappa shape index (κ3) is 1.77. The molecule has 0 saturated carbocycles. The van der Waals surface area contributed by atoms with Gasteiger partial charge in [0.1, 0.15) is 11.4 Å². The number of fused-ring (bicyclic) bond motifs is 1. The summed E-state index contributed by atoms with van der Waals surface area (Å²) in [6.45, 7) is 5.80. The Labute approximate surface area is 95.0 Å². The lowest BCUT2D eigenvalue weighted by Gasteiger charge is -2.36. The zero-order valence-corrected chi connectivity index (χ0v) is 9.78. The van der Waals surface area contributed by atoms with Crippen molar-refractivity contribution in [2.75, 3.05) is 0 Å². The lowest BCUT2D eigenvalue weighted by molar-refractivity contribution is -0.140. The Balaban J connectivity index is 2.55. The minimum Gasteiger partial charge on any atom is -0.487 e. The molecule has 1 unspecified atom stereocenters.